The van der Waals surface area contributed by atoms with E-state index in [9.17, 15) is 4.57 Å². The number of hydrogen-bond acceptors (Lipinski definition) is 3. The summed E-state index contributed by atoms with van der Waals surface area (Å²) in [5.74, 6) is 0. The van der Waals surface area contributed by atoms with Gasteiger partial charge >= 0.3 is 0 Å². The van der Waals surface area contributed by atoms with Crippen LogP contribution in [0, 0.1) is 0 Å². The van der Waals surface area contributed by atoms with Gasteiger partial charge in [0, 0.05) is 13.1 Å². The molecular formula is C5H13ClNO3P. The van der Waals surface area contributed by atoms with Gasteiger partial charge in [-0.15, -0.1) is 12.4 Å². The number of hydrogen-bond donors (Lipinski definition) is 1. The van der Waals surface area contributed by atoms with Gasteiger partial charge in [0.25, 0.3) is 0 Å². The molecule has 0 bridgehead atoms. The molecule has 1 N–H and O–H groups in total. The van der Waals surface area contributed by atoms with Crippen molar-refractivity contribution in [3.8, 4) is 0 Å². The second-order valence-electron chi connectivity index (χ2n) is 2.28. The fraction of sp³-hybridized carbons (Fsp3) is 1.00. The Morgan fingerprint density at radius 1 is 1.45 bits per heavy atom. The number of halogens is 1. The molecule has 0 aliphatic carbocycles. The minimum absolute atomic E-state index is 0. The number of ether oxygens (including phenoxy) is 1. The quantitative estimate of drug-likeness (QED) is 0.647. The Labute approximate surface area is 72.8 Å². The molecule has 1 unspecified atom stereocenters. The monoisotopic (exact) mass is 201 g/mol. The van der Waals surface area contributed by atoms with Crippen LogP contribution in [-0.2, 0) is 9.30 Å². The predicted octanol–water partition coefficient (Wildman–Crippen LogP) is 0.165. The summed E-state index contributed by atoms with van der Waals surface area (Å²) in [6, 6.07) is 0. The molecule has 6 heteroatoms. The fourth-order valence-corrected chi connectivity index (χ4v) is 1.65. The van der Waals surface area contributed by atoms with Gasteiger partial charge in [0.05, 0.1) is 19.5 Å². The summed E-state index contributed by atoms with van der Waals surface area (Å²) in [6.45, 7) is 2.96. The molecule has 4 nitrogen and oxygen atoms in total. The molecule has 1 aliphatic heterocycles. The molecule has 68 valence electrons. The van der Waals surface area contributed by atoms with Crippen molar-refractivity contribution in [1.29, 1.82) is 0 Å². The highest BCUT2D eigenvalue weighted by Crippen LogP contribution is 2.15. The third kappa shape index (κ3) is 4.77. The Morgan fingerprint density at radius 2 is 2.00 bits per heavy atom. The molecule has 0 amide bonds. The first kappa shape index (κ1) is 11.4. The SMILES string of the molecule is Cl.O=[PH](O)CN1CCOCC1. The normalized spacial score (nSPS) is 22.3. The van der Waals surface area contributed by atoms with Crippen molar-refractivity contribution in [2.24, 2.45) is 0 Å². The van der Waals surface area contributed by atoms with Gasteiger partial charge in [-0.2, -0.15) is 0 Å². The highest BCUT2D eigenvalue weighted by Gasteiger charge is 2.10. The predicted molar refractivity (Wildman–Crippen MR) is 45.7 cm³/mol. The summed E-state index contributed by atoms with van der Waals surface area (Å²) in [7, 11) is -2.31. The average molecular weight is 202 g/mol. The van der Waals surface area contributed by atoms with Crippen LogP contribution in [0.25, 0.3) is 0 Å². The van der Waals surface area contributed by atoms with Crippen LogP contribution in [0.15, 0.2) is 0 Å². The van der Waals surface area contributed by atoms with Crippen molar-refractivity contribution >= 4 is 20.4 Å². The molecule has 1 heterocycles. The van der Waals surface area contributed by atoms with E-state index in [0.717, 1.165) is 13.1 Å². The van der Waals surface area contributed by atoms with Crippen molar-refractivity contribution in [3.05, 3.63) is 0 Å². The van der Waals surface area contributed by atoms with Crippen molar-refractivity contribution in [3.63, 3.8) is 0 Å². The fourth-order valence-electron chi connectivity index (χ4n) is 0.951. The average Bonchev–Trinajstić information content (AvgIpc) is 1.88. The Hall–Kier alpha value is 0.400. The second kappa shape index (κ2) is 5.98. The van der Waals surface area contributed by atoms with Crippen LogP contribution in [0.3, 0.4) is 0 Å². The van der Waals surface area contributed by atoms with Crippen molar-refractivity contribution < 1.29 is 14.2 Å². The number of morpholine rings is 1. The molecule has 0 aromatic heterocycles. The van der Waals surface area contributed by atoms with Crippen LogP contribution in [-0.4, -0.2) is 42.4 Å². The van der Waals surface area contributed by atoms with Crippen molar-refractivity contribution in [2.45, 2.75) is 0 Å². The van der Waals surface area contributed by atoms with E-state index in [1.54, 1.807) is 0 Å². The Morgan fingerprint density at radius 3 is 2.45 bits per heavy atom. The smallest absolute Gasteiger partial charge is 0.202 e. The summed E-state index contributed by atoms with van der Waals surface area (Å²) in [5, 5.41) is 0. The molecule has 1 fully saturated rings. The minimum atomic E-state index is -2.31. The molecule has 0 aromatic carbocycles. The molecule has 0 radical (unpaired) electrons. The molecule has 11 heavy (non-hydrogen) atoms. The summed E-state index contributed by atoms with van der Waals surface area (Å²) < 4.78 is 15.4. The van der Waals surface area contributed by atoms with Crippen LogP contribution in [0.2, 0.25) is 0 Å². The third-order valence-electron chi connectivity index (χ3n) is 1.46. The first-order valence-corrected chi connectivity index (χ1v) is 4.87. The van der Waals surface area contributed by atoms with Gasteiger partial charge in [0.1, 0.15) is 0 Å². The largest absolute Gasteiger partial charge is 0.379 e. The zero-order valence-electron chi connectivity index (χ0n) is 6.15. The standard InChI is InChI=1S/C5H12NO3P.ClH/c7-10(8)5-6-1-3-9-4-2-6;/h10H,1-5H2,(H,7,8);1H. The lowest BCUT2D eigenvalue weighted by Gasteiger charge is -2.24. The first-order valence-electron chi connectivity index (χ1n) is 3.31. The highest BCUT2D eigenvalue weighted by atomic mass is 35.5. The number of nitrogens with zero attached hydrogens (tertiary/aromatic N) is 1. The van der Waals surface area contributed by atoms with Gasteiger partial charge in [-0.05, 0) is 0 Å². The van der Waals surface area contributed by atoms with Crippen LogP contribution in [0.4, 0.5) is 0 Å². The van der Waals surface area contributed by atoms with Gasteiger partial charge in [-0.1, -0.05) is 0 Å². The molecule has 0 spiro atoms. The topological polar surface area (TPSA) is 49.8 Å². The maximum absolute atomic E-state index is 10.4. The molecule has 1 atom stereocenters. The minimum Gasteiger partial charge on any atom is -0.379 e. The lowest BCUT2D eigenvalue weighted by atomic mass is 10.5. The van der Waals surface area contributed by atoms with E-state index in [2.05, 4.69) is 0 Å². The first-order chi connectivity index (χ1) is 4.79. The lowest BCUT2D eigenvalue weighted by molar-refractivity contribution is 0.0458. The molecule has 1 saturated heterocycles. The van der Waals surface area contributed by atoms with E-state index in [1.807, 2.05) is 4.90 Å². The molecule has 1 rings (SSSR count). The van der Waals surface area contributed by atoms with E-state index in [1.165, 1.54) is 0 Å². The highest BCUT2D eigenvalue weighted by molar-refractivity contribution is 7.37. The maximum atomic E-state index is 10.4. The summed E-state index contributed by atoms with van der Waals surface area (Å²) in [6.07, 6.45) is 0.327. The van der Waals surface area contributed by atoms with Gasteiger partial charge in [-0.25, -0.2) is 0 Å². The molecular weight excluding hydrogens is 188 g/mol. The van der Waals surface area contributed by atoms with Gasteiger partial charge in [0.2, 0.25) is 8.03 Å². The van der Waals surface area contributed by atoms with Gasteiger partial charge < -0.3 is 9.63 Å². The Balaban J connectivity index is 0.000001000. The Kier molecular flexibility index (Phi) is 6.19. The molecule has 0 aromatic rings. The number of rotatable bonds is 2. The van der Waals surface area contributed by atoms with E-state index < -0.39 is 8.03 Å². The summed E-state index contributed by atoms with van der Waals surface area (Å²) in [4.78, 5) is 10.5. The van der Waals surface area contributed by atoms with Crippen molar-refractivity contribution in [1.82, 2.24) is 4.90 Å². The van der Waals surface area contributed by atoms with Gasteiger partial charge in [-0.3, -0.25) is 9.46 Å². The van der Waals surface area contributed by atoms with Crippen LogP contribution in [0.1, 0.15) is 0 Å². The van der Waals surface area contributed by atoms with Crippen molar-refractivity contribution in [2.75, 3.05) is 32.6 Å². The van der Waals surface area contributed by atoms with E-state index in [4.69, 9.17) is 9.63 Å². The van der Waals surface area contributed by atoms with Crippen LogP contribution in [0.5, 0.6) is 0 Å². The Bertz CT molecular complexity index is 129. The molecule has 0 saturated carbocycles. The zero-order valence-corrected chi connectivity index (χ0v) is 7.97. The van der Waals surface area contributed by atoms with E-state index >= 15 is 0 Å². The maximum Gasteiger partial charge on any atom is 0.202 e. The zero-order chi connectivity index (χ0) is 7.40. The van der Waals surface area contributed by atoms with Crippen LogP contribution >= 0.6 is 20.4 Å². The summed E-state index contributed by atoms with van der Waals surface area (Å²) in [5.41, 5.74) is 0. The van der Waals surface area contributed by atoms with E-state index in [0.29, 0.717) is 19.5 Å². The molecule has 1 aliphatic rings. The summed E-state index contributed by atoms with van der Waals surface area (Å²) >= 11 is 0. The lowest BCUT2D eigenvalue weighted by Crippen LogP contribution is -2.35. The van der Waals surface area contributed by atoms with Gasteiger partial charge in [0.15, 0.2) is 0 Å². The van der Waals surface area contributed by atoms with Crippen LogP contribution < -0.4 is 0 Å². The van der Waals surface area contributed by atoms with E-state index in [-0.39, 0.29) is 12.4 Å². The second-order valence-corrected chi connectivity index (χ2v) is 3.39. The third-order valence-corrected chi connectivity index (χ3v) is 2.18.